The first kappa shape index (κ1) is 25.9. The lowest BCUT2D eigenvalue weighted by atomic mass is 9.89. The normalized spacial score (nSPS) is 12.5. The number of esters is 1. The Kier molecular flexibility index (Phi) is 9.15. The van der Waals surface area contributed by atoms with Crippen molar-refractivity contribution in [3.8, 4) is 0 Å². The maximum absolute atomic E-state index is 13.2. The van der Waals surface area contributed by atoms with Crippen LogP contribution in [0.4, 0.5) is 0 Å². The number of halogens is 1. The average Bonchev–Trinajstić information content (AvgIpc) is 3.57. The second-order valence-electron chi connectivity index (χ2n) is 8.73. The van der Waals surface area contributed by atoms with E-state index in [1.165, 1.54) is 12.7 Å². The van der Waals surface area contributed by atoms with Crippen LogP contribution >= 0.6 is 22.9 Å². The van der Waals surface area contributed by atoms with Crippen molar-refractivity contribution in [3.63, 3.8) is 0 Å². The number of aromatic nitrogens is 2. The molecule has 1 atom stereocenters. The highest BCUT2D eigenvalue weighted by atomic mass is 35.5. The van der Waals surface area contributed by atoms with Crippen molar-refractivity contribution in [2.75, 3.05) is 7.11 Å². The van der Waals surface area contributed by atoms with Crippen LogP contribution in [0.25, 0.3) is 6.08 Å². The third kappa shape index (κ3) is 6.34. The van der Waals surface area contributed by atoms with E-state index in [1.54, 1.807) is 11.3 Å². The molecule has 6 heteroatoms. The van der Waals surface area contributed by atoms with Crippen LogP contribution in [0.1, 0.15) is 53.2 Å². The van der Waals surface area contributed by atoms with Crippen molar-refractivity contribution >= 4 is 35.0 Å². The lowest BCUT2D eigenvalue weighted by Gasteiger charge is -2.19. The summed E-state index contributed by atoms with van der Waals surface area (Å²) in [5.41, 5.74) is 3.67. The average molecular weight is 519 g/mol. The predicted octanol–water partition coefficient (Wildman–Crippen LogP) is 7.57. The van der Waals surface area contributed by atoms with E-state index in [4.69, 9.17) is 21.3 Å². The van der Waals surface area contributed by atoms with E-state index in [9.17, 15) is 4.79 Å². The Balaban J connectivity index is 1.80. The topological polar surface area (TPSA) is 44.1 Å². The molecule has 4 aromatic rings. The Labute approximate surface area is 222 Å². The molecule has 36 heavy (non-hydrogen) atoms. The Morgan fingerprint density at radius 2 is 1.89 bits per heavy atom. The van der Waals surface area contributed by atoms with Gasteiger partial charge in [-0.3, -0.25) is 0 Å². The SMILES string of the molecule is CCCCc1ncc(/C=C(/C(=O)OC)C(Cc2ccccc2)c2cccs2)n1Cc1ccccc1Cl. The van der Waals surface area contributed by atoms with Gasteiger partial charge < -0.3 is 9.30 Å². The molecule has 0 aliphatic rings. The highest BCUT2D eigenvalue weighted by Crippen LogP contribution is 2.34. The molecule has 4 rings (SSSR count). The number of rotatable bonds is 11. The molecule has 0 aliphatic carbocycles. The van der Waals surface area contributed by atoms with Gasteiger partial charge in [0.05, 0.1) is 25.5 Å². The van der Waals surface area contributed by atoms with Gasteiger partial charge in [0, 0.05) is 27.8 Å². The van der Waals surface area contributed by atoms with Crippen LogP contribution in [0.2, 0.25) is 5.02 Å². The third-order valence-electron chi connectivity index (χ3n) is 6.28. The molecule has 0 spiro atoms. The van der Waals surface area contributed by atoms with Crippen molar-refractivity contribution in [1.29, 1.82) is 0 Å². The summed E-state index contributed by atoms with van der Waals surface area (Å²) in [7, 11) is 1.44. The van der Waals surface area contributed by atoms with Gasteiger partial charge in [-0.25, -0.2) is 9.78 Å². The molecule has 4 nitrogen and oxygen atoms in total. The van der Waals surface area contributed by atoms with Crippen LogP contribution in [-0.4, -0.2) is 22.6 Å². The number of hydrogen-bond donors (Lipinski definition) is 0. The van der Waals surface area contributed by atoms with E-state index in [1.807, 2.05) is 66.2 Å². The lowest BCUT2D eigenvalue weighted by molar-refractivity contribution is -0.136. The van der Waals surface area contributed by atoms with Gasteiger partial charge >= 0.3 is 5.97 Å². The molecule has 2 aromatic carbocycles. The van der Waals surface area contributed by atoms with E-state index in [-0.39, 0.29) is 11.9 Å². The minimum atomic E-state index is -0.329. The Morgan fingerprint density at radius 3 is 2.58 bits per heavy atom. The summed E-state index contributed by atoms with van der Waals surface area (Å²) in [5.74, 6) is 0.524. The molecule has 0 aliphatic heterocycles. The summed E-state index contributed by atoms with van der Waals surface area (Å²) in [6.07, 6.45) is 7.50. The maximum Gasteiger partial charge on any atom is 0.334 e. The predicted molar refractivity (Wildman–Crippen MR) is 149 cm³/mol. The van der Waals surface area contributed by atoms with Gasteiger partial charge in [-0.15, -0.1) is 11.3 Å². The molecule has 186 valence electrons. The maximum atomic E-state index is 13.2. The molecule has 1 unspecified atom stereocenters. The van der Waals surface area contributed by atoms with E-state index in [0.717, 1.165) is 46.2 Å². The molecule has 0 bridgehead atoms. The molecule has 0 N–H and O–H groups in total. The van der Waals surface area contributed by atoms with E-state index in [0.29, 0.717) is 18.5 Å². The molecule has 0 amide bonds. The Bertz CT molecular complexity index is 1300. The van der Waals surface area contributed by atoms with Crippen molar-refractivity contribution < 1.29 is 9.53 Å². The number of benzene rings is 2. The number of hydrogen-bond acceptors (Lipinski definition) is 4. The number of carbonyl (C=O) groups excluding carboxylic acids is 1. The highest BCUT2D eigenvalue weighted by molar-refractivity contribution is 7.10. The van der Waals surface area contributed by atoms with Crippen molar-refractivity contribution in [1.82, 2.24) is 9.55 Å². The summed E-state index contributed by atoms with van der Waals surface area (Å²) < 4.78 is 7.47. The van der Waals surface area contributed by atoms with Gasteiger partial charge in [0.2, 0.25) is 0 Å². The number of carbonyl (C=O) groups is 1. The van der Waals surface area contributed by atoms with Crippen molar-refractivity contribution in [2.45, 2.75) is 45.1 Å². The fourth-order valence-electron chi connectivity index (χ4n) is 4.34. The van der Waals surface area contributed by atoms with Gasteiger partial charge in [-0.1, -0.05) is 79.5 Å². The van der Waals surface area contributed by atoms with Gasteiger partial charge in [0.15, 0.2) is 0 Å². The minimum absolute atomic E-state index is 0.136. The number of thiophene rings is 1. The fourth-order valence-corrected chi connectivity index (χ4v) is 5.38. The second-order valence-corrected chi connectivity index (χ2v) is 10.1. The number of nitrogens with zero attached hydrogens (tertiary/aromatic N) is 2. The van der Waals surface area contributed by atoms with Crippen LogP contribution in [0.5, 0.6) is 0 Å². The quantitative estimate of drug-likeness (QED) is 0.152. The number of aryl methyl sites for hydroxylation is 1. The Morgan fingerprint density at radius 1 is 1.11 bits per heavy atom. The molecule has 0 saturated heterocycles. The largest absolute Gasteiger partial charge is 0.466 e. The zero-order valence-electron chi connectivity index (χ0n) is 20.7. The smallest absolute Gasteiger partial charge is 0.334 e. The lowest BCUT2D eigenvalue weighted by Crippen LogP contribution is -2.16. The first-order valence-electron chi connectivity index (χ1n) is 12.3. The monoisotopic (exact) mass is 518 g/mol. The number of methoxy groups -OCH3 is 1. The number of ether oxygens (including phenoxy) is 1. The fraction of sp³-hybridized carbons (Fsp3) is 0.267. The molecule has 0 saturated carbocycles. The standard InChI is InChI=1S/C30H31ClN2O2S/c1-3-4-16-29-32-20-24(33(29)21-23-13-8-9-14-27(23)31)19-26(30(34)35-2)25(28-15-10-17-36-28)18-22-11-6-5-7-12-22/h5-15,17,19-20,25H,3-4,16,18,21H2,1-2H3/b26-19+. The molecule has 2 heterocycles. The zero-order valence-corrected chi connectivity index (χ0v) is 22.3. The van der Waals surface area contributed by atoms with Crippen LogP contribution in [0.3, 0.4) is 0 Å². The van der Waals surface area contributed by atoms with Gasteiger partial charge in [-0.05, 0) is 47.6 Å². The van der Waals surface area contributed by atoms with Crippen LogP contribution in [0.15, 0.2) is 83.9 Å². The highest BCUT2D eigenvalue weighted by Gasteiger charge is 2.26. The summed E-state index contributed by atoms with van der Waals surface area (Å²) >= 11 is 8.17. The first-order chi connectivity index (χ1) is 17.6. The molecule has 2 aromatic heterocycles. The Hall–Kier alpha value is -3.15. The van der Waals surface area contributed by atoms with E-state index < -0.39 is 0 Å². The molecular weight excluding hydrogens is 488 g/mol. The summed E-state index contributed by atoms with van der Waals surface area (Å²) in [6, 6.07) is 22.2. The summed E-state index contributed by atoms with van der Waals surface area (Å²) in [5, 5.41) is 2.77. The van der Waals surface area contributed by atoms with Crippen molar-refractivity contribution in [2.24, 2.45) is 0 Å². The summed E-state index contributed by atoms with van der Waals surface area (Å²) in [4.78, 5) is 19.1. The van der Waals surface area contributed by atoms with Crippen LogP contribution < -0.4 is 0 Å². The van der Waals surface area contributed by atoms with Crippen LogP contribution in [-0.2, 0) is 28.9 Å². The van der Waals surface area contributed by atoms with Gasteiger partial charge in [0.1, 0.15) is 5.82 Å². The molecule has 0 radical (unpaired) electrons. The van der Waals surface area contributed by atoms with Crippen LogP contribution in [0, 0.1) is 0 Å². The summed E-state index contributed by atoms with van der Waals surface area (Å²) in [6.45, 7) is 2.76. The molecular formula is C30H31ClN2O2S. The zero-order chi connectivity index (χ0) is 25.3. The first-order valence-corrected chi connectivity index (χ1v) is 13.5. The molecule has 0 fully saturated rings. The minimum Gasteiger partial charge on any atom is -0.466 e. The second kappa shape index (κ2) is 12.7. The van der Waals surface area contributed by atoms with E-state index in [2.05, 4.69) is 29.7 Å². The third-order valence-corrected chi connectivity index (χ3v) is 7.63. The van der Waals surface area contributed by atoms with Gasteiger partial charge in [-0.2, -0.15) is 0 Å². The van der Waals surface area contributed by atoms with Gasteiger partial charge in [0.25, 0.3) is 0 Å². The number of unbranched alkanes of at least 4 members (excludes halogenated alkanes) is 1. The number of imidazole rings is 1. The van der Waals surface area contributed by atoms with Crippen molar-refractivity contribution in [3.05, 3.63) is 116 Å². The van der Waals surface area contributed by atoms with E-state index >= 15 is 0 Å².